The number of ether oxygens (including phenoxy) is 2. The number of thiophene rings is 1. The number of amides is 1. The number of hydrogen-bond acceptors (Lipinski definition) is 4. The Morgan fingerprint density at radius 1 is 1.00 bits per heavy atom. The molecule has 0 unspecified atom stereocenters. The topological polar surface area (TPSA) is 52.5 Å². The molecule has 5 nitrogen and oxygen atoms in total. The number of fused-ring (bicyclic) bond motifs is 1. The Hall–Kier alpha value is -2.77. The monoisotopic (exact) mass is 498 g/mol. The summed E-state index contributed by atoms with van der Waals surface area (Å²) in [6, 6.07) is 20.0. The van der Waals surface area contributed by atoms with Gasteiger partial charge in [0, 0.05) is 13.1 Å². The lowest BCUT2D eigenvalue weighted by Crippen LogP contribution is -2.28. The fraction of sp³-hybridized carbons (Fsp3) is 0.208. The normalized spacial score (nSPS) is 10.9. The molecule has 160 valence electrons. The van der Waals surface area contributed by atoms with Crippen molar-refractivity contribution in [2.45, 2.75) is 13.0 Å². The number of rotatable bonds is 8. The fourth-order valence-corrected chi connectivity index (χ4v) is 5.15. The van der Waals surface area contributed by atoms with Gasteiger partial charge in [-0.3, -0.25) is 4.79 Å². The van der Waals surface area contributed by atoms with Crippen molar-refractivity contribution in [3.63, 3.8) is 0 Å². The van der Waals surface area contributed by atoms with Crippen LogP contribution in [0.15, 0.2) is 64.5 Å². The van der Waals surface area contributed by atoms with Gasteiger partial charge in [0.1, 0.15) is 5.69 Å². The van der Waals surface area contributed by atoms with E-state index in [2.05, 4.69) is 44.0 Å². The third-order valence-electron chi connectivity index (χ3n) is 5.12. The standard InChI is InChI=1S/C24H23BrN2O3S/c1-29-20-9-8-16(12-21(20)30-2)10-11-26-24(28)19-13-22-18(14-23(25)31-22)27(19)15-17-6-4-3-5-7-17/h3-9,12-14H,10-11,15H2,1-2H3,(H,26,28). The van der Waals surface area contributed by atoms with Crippen LogP contribution in [-0.2, 0) is 13.0 Å². The molecular formula is C24H23BrN2O3S. The Labute approximate surface area is 193 Å². The van der Waals surface area contributed by atoms with Crippen molar-refractivity contribution in [2.24, 2.45) is 0 Å². The summed E-state index contributed by atoms with van der Waals surface area (Å²) in [6.45, 7) is 1.17. The number of carbonyl (C=O) groups is 1. The number of carbonyl (C=O) groups excluding carboxylic acids is 1. The number of aromatic nitrogens is 1. The first-order chi connectivity index (χ1) is 15.1. The zero-order chi connectivity index (χ0) is 21.8. The van der Waals surface area contributed by atoms with E-state index in [-0.39, 0.29) is 5.91 Å². The summed E-state index contributed by atoms with van der Waals surface area (Å²) in [7, 11) is 3.24. The van der Waals surface area contributed by atoms with Crippen molar-refractivity contribution < 1.29 is 14.3 Å². The Kier molecular flexibility index (Phi) is 6.63. The highest BCUT2D eigenvalue weighted by atomic mass is 79.9. The van der Waals surface area contributed by atoms with Crippen molar-refractivity contribution in [1.82, 2.24) is 9.88 Å². The number of benzene rings is 2. The summed E-state index contributed by atoms with van der Waals surface area (Å²) in [5.74, 6) is 1.31. The second-order valence-corrected chi connectivity index (χ2v) is 9.56. The van der Waals surface area contributed by atoms with Crippen LogP contribution in [0.4, 0.5) is 0 Å². The molecule has 0 aliphatic rings. The highest BCUT2D eigenvalue weighted by molar-refractivity contribution is 9.11. The molecule has 7 heteroatoms. The summed E-state index contributed by atoms with van der Waals surface area (Å²) < 4.78 is 14.9. The van der Waals surface area contributed by atoms with Gasteiger partial charge in [0.2, 0.25) is 0 Å². The molecule has 2 aromatic heterocycles. The molecule has 2 heterocycles. The quantitative estimate of drug-likeness (QED) is 0.348. The lowest BCUT2D eigenvalue weighted by molar-refractivity contribution is 0.0946. The van der Waals surface area contributed by atoms with Crippen molar-refractivity contribution >= 4 is 43.4 Å². The number of nitrogens with one attached hydrogen (secondary N) is 1. The molecule has 4 aromatic rings. The molecule has 0 aliphatic carbocycles. The van der Waals surface area contributed by atoms with Gasteiger partial charge in [-0.25, -0.2) is 0 Å². The van der Waals surface area contributed by atoms with Crippen LogP contribution in [0, 0.1) is 0 Å². The van der Waals surface area contributed by atoms with Crippen LogP contribution >= 0.6 is 27.3 Å². The molecule has 0 bridgehead atoms. The number of hydrogen-bond donors (Lipinski definition) is 1. The van der Waals surface area contributed by atoms with Gasteiger partial charge in [-0.1, -0.05) is 36.4 Å². The van der Waals surface area contributed by atoms with Crippen LogP contribution in [0.5, 0.6) is 11.5 Å². The summed E-state index contributed by atoms with van der Waals surface area (Å²) >= 11 is 5.19. The number of halogens is 1. The minimum atomic E-state index is -0.0732. The highest BCUT2D eigenvalue weighted by Crippen LogP contribution is 2.33. The van der Waals surface area contributed by atoms with Crippen molar-refractivity contribution in [1.29, 1.82) is 0 Å². The third-order valence-corrected chi connectivity index (χ3v) is 6.70. The largest absolute Gasteiger partial charge is 0.493 e. The predicted molar refractivity (Wildman–Crippen MR) is 129 cm³/mol. The summed E-state index contributed by atoms with van der Waals surface area (Å²) in [5.41, 5.74) is 3.96. The highest BCUT2D eigenvalue weighted by Gasteiger charge is 2.18. The second kappa shape index (κ2) is 9.58. The first-order valence-electron chi connectivity index (χ1n) is 9.90. The maximum absolute atomic E-state index is 13.0. The van der Waals surface area contributed by atoms with Crippen molar-refractivity contribution in [2.75, 3.05) is 20.8 Å². The van der Waals surface area contributed by atoms with Crippen molar-refractivity contribution in [3.05, 3.63) is 81.3 Å². The van der Waals surface area contributed by atoms with Crippen LogP contribution in [0.25, 0.3) is 10.2 Å². The molecule has 0 radical (unpaired) electrons. The van der Waals surface area contributed by atoms with Gasteiger partial charge in [0.15, 0.2) is 11.5 Å². The Morgan fingerprint density at radius 3 is 2.52 bits per heavy atom. The molecule has 0 atom stereocenters. The van der Waals surface area contributed by atoms with E-state index in [0.29, 0.717) is 36.7 Å². The van der Waals surface area contributed by atoms with Gasteiger partial charge in [0.05, 0.1) is 28.2 Å². The molecule has 1 amide bonds. The van der Waals surface area contributed by atoms with Gasteiger partial charge < -0.3 is 19.4 Å². The SMILES string of the molecule is COc1ccc(CCNC(=O)c2cc3sc(Br)cc3n2Cc2ccccc2)cc1OC. The van der Waals surface area contributed by atoms with E-state index in [0.717, 1.165) is 25.1 Å². The molecule has 4 rings (SSSR count). The molecule has 0 saturated carbocycles. The molecule has 1 N–H and O–H groups in total. The molecular weight excluding hydrogens is 476 g/mol. The average molecular weight is 499 g/mol. The molecule has 31 heavy (non-hydrogen) atoms. The fourth-order valence-electron chi connectivity index (χ4n) is 3.58. The number of methoxy groups -OCH3 is 2. The Morgan fingerprint density at radius 2 is 1.77 bits per heavy atom. The van der Waals surface area contributed by atoms with Gasteiger partial charge in [0.25, 0.3) is 5.91 Å². The van der Waals surface area contributed by atoms with Gasteiger partial charge >= 0.3 is 0 Å². The zero-order valence-corrected chi connectivity index (χ0v) is 19.8. The zero-order valence-electron chi connectivity index (χ0n) is 17.4. The minimum Gasteiger partial charge on any atom is -0.493 e. The van der Waals surface area contributed by atoms with Crippen LogP contribution in [0.2, 0.25) is 0 Å². The maximum Gasteiger partial charge on any atom is 0.267 e. The first kappa shape index (κ1) is 21.5. The maximum atomic E-state index is 13.0. The third kappa shape index (κ3) is 4.78. The molecule has 0 aliphatic heterocycles. The summed E-state index contributed by atoms with van der Waals surface area (Å²) in [5, 5.41) is 3.07. The van der Waals surface area contributed by atoms with E-state index in [9.17, 15) is 4.79 Å². The summed E-state index contributed by atoms with van der Waals surface area (Å²) in [4.78, 5) is 13.0. The second-order valence-electron chi connectivity index (χ2n) is 7.10. The molecule has 0 fully saturated rings. The summed E-state index contributed by atoms with van der Waals surface area (Å²) in [6.07, 6.45) is 0.700. The van der Waals surface area contributed by atoms with E-state index in [4.69, 9.17) is 9.47 Å². The van der Waals surface area contributed by atoms with Gasteiger partial charge in [-0.15, -0.1) is 11.3 Å². The minimum absolute atomic E-state index is 0.0732. The average Bonchev–Trinajstić information content (AvgIpc) is 3.31. The molecule has 2 aromatic carbocycles. The van der Waals surface area contributed by atoms with E-state index in [1.165, 1.54) is 0 Å². The molecule has 0 spiro atoms. The van der Waals surface area contributed by atoms with Crippen LogP contribution in [0.3, 0.4) is 0 Å². The van der Waals surface area contributed by atoms with Crippen LogP contribution in [-0.4, -0.2) is 31.2 Å². The van der Waals surface area contributed by atoms with E-state index >= 15 is 0 Å². The lowest BCUT2D eigenvalue weighted by atomic mass is 10.1. The van der Waals surface area contributed by atoms with Crippen LogP contribution in [0.1, 0.15) is 21.6 Å². The van der Waals surface area contributed by atoms with Gasteiger partial charge in [-0.2, -0.15) is 0 Å². The van der Waals surface area contributed by atoms with E-state index < -0.39 is 0 Å². The molecule has 0 saturated heterocycles. The van der Waals surface area contributed by atoms with Crippen LogP contribution < -0.4 is 14.8 Å². The first-order valence-corrected chi connectivity index (χ1v) is 11.5. The van der Waals surface area contributed by atoms with E-state index in [1.54, 1.807) is 25.6 Å². The number of nitrogens with zero attached hydrogens (tertiary/aromatic N) is 1. The smallest absolute Gasteiger partial charge is 0.267 e. The van der Waals surface area contributed by atoms with Gasteiger partial charge in [-0.05, 0) is 57.7 Å². The lowest BCUT2D eigenvalue weighted by Gasteiger charge is -2.12. The van der Waals surface area contributed by atoms with E-state index in [1.807, 2.05) is 42.5 Å². The van der Waals surface area contributed by atoms with Crippen molar-refractivity contribution in [3.8, 4) is 11.5 Å². The Bertz CT molecular complexity index is 1200. The Balaban J connectivity index is 1.50. The predicted octanol–water partition coefficient (Wildman–Crippen LogP) is 5.50.